The molecule has 2 N–H and O–H groups in total. The van der Waals surface area contributed by atoms with Crippen LogP contribution >= 0.6 is 11.6 Å². The Hall–Kier alpha value is -2.79. The normalized spacial score (nSPS) is 15.5. The number of anilines is 1. The van der Waals surface area contributed by atoms with Crippen LogP contribution in [-0.4, -0.2) is 15.9 Å². The molecule has 1 amide bonds. The standard InChI is InChI=1S/C16H10ClN3O2/c17-14-6-5-12-15(19-14)20-16(21)13(22-12)7-9-8-18-11-4-2-1-3-10(9)11/h1-8,18H,(H,19,20,21)/b13-7-. The van der Waals surface area contributed by atoms with Crippen molar-refractivity contribution in [1.29, 1.82) is 0 Å². The largest absolute Gasteiger partial charge is 0.448 e. The van der Waals surface area contributed by atoms with Crippen molar-refractivity contribution in [3.8, 4) is 5.75 Å². The predicted molar refractivity (Wildman–Crippen MR) is 84.8 cm³/mol. The molecule has 0 saturated heterocycles. The van der Waals surface area contributed by atoms with Gasteiger partial charge in [-0.1, -0.05) is 29.8 Å². The van der Waals surface area contributed by atoms with Gasteiger partial charge in [-0.3, -0.25) is 4.79 Å². The number of pyridine rings is 1. The first kappa shape index (κ1) is 12.9. The van der Waals surface area contributed by atoms with Gasteiger partial charge in [0, 0.05) is 22.7 Å². The van der Waals surface area contributed by atoms with Gasteiger partial charge >= 0.3 is 0 Å². The van der Waals surface area contributed by atoms with Gasteiger partial charge < -0.3 is 15.0 Å². The number of nitrogens with zero attached hydrogens (tertiary/aromatic N) is 1. The molecule has 22 heavy (non-hydrogen) atoms. The molecule has 0 radical (unpaired) electrons. The van der Waals surface area contributed by atoms with Crippen molar-refractivity contribution in [2.24, 2.45) is 0 Å². The number of rotatable bonds is 1. The number of para-hydroxylation sites is 1. The van der Waals surface area contributed by atoms with Crippen molar-refractivity contribution >= 4 is 40.3 Å². The van der Waals surface area contributed by atoms with Crippen molar-refractivity contribution in [3.05, 3.63) is 59.1 Å². The Kier molecular flexibility index (Phi) is 2.87. The highest BCUT2D eigenvalue weighted by atomic mass is 35.5. The molecule has 108 valence electrons. The number of amides is 1. The third-order valence-corrected chi connectivity index (χ3v) is 3.62. The number of benzene rings is 1. The van der Waals surface area contributed by atoms with Gasteiger partial charge in [-0.05, 0) is 24.3 Å². The van der Waals surface area contributed by atoms with E-state index in [2.05, 4.69) is 15.3 Å². The Bertz CT molecular complexity index is 930. The van der Waals surface area contributed by atoms with Gasteiger partial charge in [-0.25, -0.2) is 4.98 Å². The molecule has 5 nitrogen and oxygen atoms in total. The van der Waals surface area contributed by atoms with Crippen LogP contribution in [0.5, 0.6) is 5.75 Å². The molecular formula is C16H10ClN3O2. The SMILES string of the molecule is O=C1Nc2nc(Cl)ccc2O/C1=C\c1c[nH]c2ccccc12. The first-order valence-corrected chi connectivity index (χ1v) is 7.02. The second-order valence-corrected chi connectivity index (χ2v) is 5.22. The third kappa shape index (κ3) is 2.12. The lowest BCUT2D eigenvalue weighted by Gasteiger charge is -2.18. The molecule has 0 saturated carbocycles. The molecule has 2 aromatic heterocycles. The van der Waals surface area contributed by atoms with Crippen molar-refractivity contribution in [2.75, 3.05) is 5.32 Å². The minimum Gasteiger partial charge on any atom is -0.448 e. The number of hydrogen-bond donors (Lipinski definition) is 2. The van der Waals surface area contributed by atoms with E-state index in [0.717, 1.165) is 16.5 Å². The van der Waals surface area contributed by atoms with Crippen molar-refractivity contribution in [3.63, 3.8) is 0 Å². The fraction of sp³-hybridized carbons (Fsp3) is 0. The second-order valence-electron chi connectivity index (χ2n) is 4.84. The van der Waals surface area contributed by atoms with Gasteiger partial charge in [0.05, 0.1) is 0 Å². The Morgan fingerprint density at radius 3 is 2.95 bits per heavy atom. The molecule has 3 aromatic rings. The summed E-state index contributed by atoms with van der Waals surface area (Å²) in [4.78, 5) is 19.3. The first-order valence-electron chi connectivity index (χ1n) is 6.64. The number of aromatic nitrogens is 2. The van der Waals surface area contributed by atoms with E-state index in [1.807, 2.05) is 30.5 Å². The molecule has 0 unspecified atom stereocenters. The van der Waals surface area contributed by atoms with Crippen LogP contribution in [0.2, 0.25) is 5.15 Å². The molecule has 6 heteroatoms. The van der Waals surface area contributed by atoms with Crippen LogP contribution in [-0.2, 0) is 4.79 Å². The molecule has 0 aliphatic carbocycles. The monoisotopic (exact) mass is 311 g/mol. The number of H-pyrrole nitrogens is 1. The van der Waals surface area contributed by atoms with E-state index in [1.54, 1.807) is 18.2 Å². The van der Waals surface area contributed by atoms with Gasteiger partial charge in [0.25, 0.3) is 5.91 Å². The average Bonchev–Trinajstić information content (AvgIpc) is 2.92. The predicted octanol–water partition coefficient (Wildman–Crippen LogP) is 3.59. The fourth-order valence-electron chi connectivity index (χ4n) is 2.38. The minimum absolute atomic E-state index is 0.210. The lowest BCUT2D eigenvalue weighted by atomic mass is 10.1. The molecule has 0 atom stereocenters. The van der Waals surface area contributed by atoms with Gasteiger partial charge in [0.2, 0.25) is 0 Å². The molecule has 3 heterocycles. The smallest absolute Gasteiger partial charge is 0.292 e. The van der Waals surface area contributed by atoms with Gasteiger partial charge in [0.15, 0.2) is 17.3 Å². The number of carbonyl (C=O) groups excluding carboxylic acids is 1. The molecule has 0 spiro atoms. The highest BCUT2D eigenvalue weighted by molar-refractivity contribution is 6.29. The zero-order valence-electron chi connectivity index (χ0n) is 11.3. The molecule has 4 rings (SSSR count). The van der Waals surface area contributed by atoms with Gasteiger partial charge in [-0.15, -0.1) is 0 Å². The first-order chi connectivity index (χ1) is 10.7. The molecule has 1 aromatic carbocycles. The highest BCUT2D eigenvalue weighted by Gasteiger charge is 2.23. The van der Waals surface area contributed by atoms with Gasteiger partial charge in [-0.2, -0.15) is 0 Å². The van der Waals surface area contributed by atoms with Crippen LogP contribution < -0.4 is 10.1 Å². The number of carbonyl (C=O) groups is 1. The lowest BCUT2D eigenvalue weighted by molar-refractivity contribution is -0.115. The second kappa shape index (κ2) is 4.89. The summed E-state index contributed by atoms with van der Waals surface area (Å²) in [7, 11) is 0. The maximum Gasteiger partial charge on any atom is 0.292 e. The summed E-state index contributed by atoms with van der Waals surface area (Å²) in [6, 6.07) is 11.1. The number of nitrogens with one attached hydrogen (secondary N) is 2. The fourth-order valence-corrected chi connectivity index (χ4v) is 2.53. The van der Waals surface area contributed by atoms with Crippen LogP contribution in [0.4, 0.5) is 5.82 Å². The maximum absolute atomic E-state index is 12.1. The highest BCUT2D eigenvalue weighted by Crippen LogP contribution is 2.31. The van der Waals surface area contributed by atoms with Crippen LogP contribution in [0, 0.1) is 0 Å². The molecule has 1 aliphatic rings. The van der Waals surface area contributed by atoms with Crippen molar-refractivity contribution in [1.82, 2.24) is 9.97 Å². The molecular weight excluding hydrogens is 302 g/mol. The van der Waals surface area contributed by atoms with Crippen LogP contribution in [0.15, 0.2) is 48.4 Å². The zero-order chi connectivity index (χ0) is 15.1. The topological polar surface area (TPSA) is 67.0 Å². The zero-order valence-corrected chi connectivity index (χ0v) is 12.0. The van der Waals surface area contributed by atoms with Crippen LogP contribution in [0.1, 0.15) is 5.56 Å². The van der Waals surface area contributed by atoms with Gasteiger partial charge in [0.1, 0.15) is 5.15 Å². The number of aromatic amines is 1. The summed E-state index contributed by atoms with van der Waals surface area (Å²) in [5.74, 6) is 0.651. The maximum atomic E-state index is 12.1. The van der Waals surface area contributed by atoms with E-state index in [9.17, 15) is 4.79 Å². The summed E-state index contributed by atoms with van der Waals surface area (Å²) in [6.45, 7) is 0. The minimum atomic E-state index is -0.354. The Morgan fingerprint density at radius 2 is 2.05 bits per heavy atom. The Morgan fingerprint density at radius 1 is 1.18 bits per heavy atom. The average molecular weight is 312 g/mol. The molecule has 0 fully saturated rings. The summed E-state index contributed by atoms with van der Waals surface area (Å²) >= 11 is 5.80. The van der Waals surface area contributed by atoms with E-state index >= 15 is 0 Å². The van der Waals surface area contributed by atoms with Crippen molar-refractivity contribution in [2.45, 2.75) is 0 Å². The van der Waals surface area contributed by atoms with Crippen LogP contribution in [0.25, 0.3) is 17.0 Å². The van der Waals surface area contributed by atoms with E-state index in [-0.39, 0.29) is 11.7 Å². The summed E-state index contributed by atoms with van der Waals surface area (Å²) in [6.07, 6.45) is 3.54. The number of fused-ring (bicyclic) bond motifs is 2. The number of ether oxygens (including phenoxy) is 1. The Balaban J connectivity index is 1.76. The van der Waals surface area contributed by atoms with E-state index in [0.29, 0.717) is 16.7 Å². The summed E-state index contributed by atoms with van der Waals surface area (Å²) in [5, 5.41) is 3.99. The van der Waals surface area contributed by atoms with Crippen LogP contribution in [0.3, 0.4) is 0 Å². The quantitative estimate of drug-likeness (QED) is 0.533. The Labute approximate surface area is 130 Å². The van der Waals surface area contributed by atoms with E-state index in [1.165, 1.54) is 0 Å². The van der Waals surface area contributed by atoms with Crippen molar-refractivity contribution < 1.29 is 9.53 Å². The number of halogens is 1. The molecule has 0 bridgehead atoms. The third-order valence-electron chi connectivity index (χ3n) is 3.41. The summed E-state index contributed by atoms with van der Waals surface area (Å²) < 4.78 is 5.64. The lowest BCUT2D eigenvalue weighted by Crippen LogP contribution is -2.24. The number of hydrogen-bond acceptors (Lipinski definition) is 3. The molecule has 1 aliphatic heterocycles. The summed E-state index contributed by atoms with van der Waals surface area (Å²) in [5.41, 5.74) is 1.88. The van der Waals surface area contributed by atoms with E-state index in [4.69, 9.17) is 16.3 Å². The van der Waals surface area contributed by atoms with E-state index < -0.39 is 0 Å².